The maximum atomic E-state index is 13.1. The molecule has 0 radical (unpaired) electrons. The van der Waals surface area contributed by atoms with Crippen molar-refractivity contribution in [3.8, 4) is 11.5 Å². The number of hydrogen-bond donors (Lipinski definition) is 1. The lowest BCUT2D eigenvalue weighted by Gasteiger charge is -2.33. The molecule has 0 saturated heterocycles. The Hall–Kier alpha value is -1.59. The van der Waals surface area contributed by atoms with Gasteiger partial charge in [0.15, 0.2) is 11.5 Å². The summed E-state index contributed by atoms with van der Waals surface area (Å²) in [7, 11) is 0. The molecular weight excluding hydrogens is 433 g/mol. The first-order valence-corrected chi connectivity index (χ1v) is 10.9. The van der Waals surface area contributed by atoms with E-state index in [0.29, 0.717) is 24.7 Å². The molecule has 5 heteroatoms. The fourth-order valence-corrected chi connectivity index (χ4v) is 4.02. The Labute approximate surface area is 183 Å². The number of halogens is 2. The highest BCUT2D eigenvalue weighted by Crippen LogP contribution is 2.35. The summed E-state index contributed by atoms with van der Waals surface area (Å²) in [5.41, 5.74) is 2.29. The van der Waals surface area contributed by atoms with Crippen molar-refractivity contribution in [3.63, 3.8) is 0 Å². The van der Waals surface area contributed by atoms with Gasteiger partial charge in [0.05, 0.1) is 6.61 Å². The second-order valence-electron chi connectivity index (χ2n) is 9.21. The van der Waals surface area contributed by atoms with Gasteiger partial charge in [-0.3, -0.25) is 0 Å². The molecule has 29 heavy (non-hydrogen) atoms. The fraction of sp³-hybridized carbons (Fsp3) is 0.500. The van der Waals surface area contributed by atoms with Gasteiger partial charge in [-0.1, -0.05) is 48.8 Å². The molecule has 0 atom stereocenters. The van der Waals surface area contributed by atoms with Crippen LogP contribution in [0.15, 0.2) is 40.9 Å². The molecule has 0 spiro atoms. The lowest BCUT2D eigenvalue weighted by atomic mass is 9.82. The summed E-state index contributed by atoms with van der Waals surface area (Å²) in [4.78, 5) is 0. The highest BCUT2D eigenvalue weighted by Gasteiger charge is 2.25. The lowest BCUT2D eigenvalue weighted by Crippen LogP contribution is -2.41. The van der Waals surface area contributed by atoms with Crippen molar-refractivity contribution in [2.45, 2.75) is 66.7 Å². The predicted octanol–water partition coefficient (Wildman–Crippen LogP) is 6.87. The van der Waals surface area contributed by atoms with Gasteiger partial charge in [-0.2, -0.15) is 0 Å². The first-order chi connectivity index (χ1) is 13.5. The van der Waals surface area contributed by atoms with Gasteiger partial charge in [-0.25, -0.2) is 4.39 Å². The van der Waals surface area contributed by atoms with E-state index in [1.54, 1.807) is 12.1 Å². The second kappa shape index (κ2) is 9.94. The molecule has 3 nitrogen and oxygen atoms in total. The summed E-state index contributed by atoms with van der Waals surface area (Å²) in [6.45, 7) is 14.8. The van der Waals surface area contributed by atoms with Crippen LogP contribution in [0.4, 0.5) is 4.39 Å². The van der Waals surface area contributed by atoms with E-state index in [0.717, 1.165) is 28.6 Å². The summed E-state index contributed by atoms with van der Waals surface area (Å²) in [5.74, 6) is 1.13. The second-order valence-corrected chi connectivity index (χ2v) is 10.1. The van der Waals surface area contributed by atoms with Crippen molar-refractivity contribution in [2.24, 2.45) is 5.41 Å². The molecule has 0 saturated carbocycles. The van der Waals surface area contributed by atoms with Gasteiger partial charge in [-0.15, -0.1) is 0 Å². The van der Waals surface area contributed by atoms with E-state index in [-0.39, 0.29) is 16.8 Å². The Bertz CT molecular complexity index is 798. The molecule has 0 unspecified atom stereocenters. The third-order valence-electron chi connectivity index (χ3n) is 4.45. The summed E-state index contributed by atoms with van der Waals surface area (Å²) < 4.78 is 25.8. The van der Waals surface area contributed by atoms with Gasteiger partial charge in [0, 0.05) is 16.6 Å². The summed E-state index contributed by atoms with van der Waals surface area (Å²) in [6.07, 6.45) is 1.06. The number of nitrogens with one attached hydrogen (secondary N) is 1. The zero-order chi connectivity index (χ0) is 21.7. The van der Waals surface area contributed by atoms with E-state index < -0.39 is 0 Å². The van der Waals surface area contributed by atoms with Crippen molar-refractivity contribution >= 4 is 15.9 Å². The van der Waals surface area contributed by atoms with Crippen LogP contribution in [0.2, 0.25) is 0 Å². The third-order valence-corrected chi connectivity index (χ3v) is 5.19. The van der Waals surface area contributed by atoms with Crippen LogP contribution in [-0.4, -0.2) is 12.1 Å². The molecule has 0 aliphatic carbocycles. The molecule has 0 fully saturated rings. The summed E-state index contributed by atoms with van der Waals surface area (Å²) in [5, 5.41) is 3.66. The van der Waals surface area contributed by atoms with Crippen molar-refractivity contribution < 1.29 is 13.9 Å². The van der Waals surface area contributed by atoms with Gasteiger partial charge in [0.2, 0.25) is 0 Å². The van der Waals surface area contributed by atoms with Crippen LogP contribution < -0.4 is 14.8 Å². The molecule has 2 aromatic rings. The molecule has 160 valence electrons. The first-order valence-electron chi connectivity index (χ1n) is 10.1. The fourth-order valence-electron chi connectivity index (χ4n) is 3.56. The smallest absolute Gasteiger partial charge is 0.162 e. The van der Waals surface area contributed by atoms with E-state index in [1.165, 1.54) is 12.1 Å². The first kappa shape index (κ1) is 23.7. The number of rotatable bonds is 9. The van der Waals surface area contributed by atoms with Crippen LogP contribution >= 0.6 is 15.9 Å². The Morgan fingerprint density at radius 2 is 1.59 bits per heavy atom. The van der Waals surface area contributed by atoms with Gasteiger partial charge in [0.25, 0.3) is 0 Å². The van der Waals surface area contributed by atoms with E-state index >= 15 is 0 Å². The summed E-state index contributed by atoms with van der Waals surface area (Å²) >= 11 is 3.67. The van der Waals surface area contributed by atoms with Crippen LogP contribution in [0.1, 0.15) is 59.1 Å². The lowest BCUT2D eigenvalue weighted by molar-refractivity contribution is 0.240. The normalized spacial score (nSPS) is 12.1. The van der Waals surface area contributed by atoms with Gasteiger partial charge < -0.3 is 14.8 Å². The molecule has 0 aliphatic heterocycles. The monoisotopic (exact) mass is 465 g/mol. The highest BCUT2D eigenvalue weighted by molar-refractivity contribution is 9.10. The minimum Gasteiger partial charge on any atom is -0.490 e. The third kappa shape index (κ3) is 7.98. The van der Waals surface area contributed by atoms with Crippen LogP contribution in [-0.2, 0) is 13.2 Å². The van der Waals surface area contributed by atoms with Crippen molar-refractivity contribution in [1.29, 1.82) is 0 Å². The van der Waals surface area contributed by atoms with E-state index in [2.05, 4.69) is 55.9 Å². The standard InChI is InChI=1S/C24H33BrFNO2/c1-7-28-21-12-18(14-27-24(5,6)16-23(2,3)4)20(25)13-22(21)29-15-17-8-10-19(26)11-9-17/h8-13,27H,7,14-16H2,1-6H3. The van der Waals surface area contributed by atoms with Gasteiger partial charge in [-0.05, 0) is 68.0 Å². The topological polar surface area (TPSA) is 30.5 Å². The Morgan fingerprint density at radius 3 is 2.17 bits per heavy atom. The molecule has 1 N–H and O–H groups in total. The SMILES string of the molecule is CCOc1cc(CNC(C)(C)CC(C)(C)C)c(Br)cc1OCc1ccc(F)cc1. The van der Waals surface area contributed by atoms with Crippen molar-refractivity contribution in [2.75, 3.05) is 6.61 Å². The van der Waals surface area contributed by atoms with Crippen molar-refractivity contribution in [3.05, 3.63) is 57.8 Å². The molecule has 0 aromatic heterocycles. The Morgan fingerprint density at radius 1 is 0.966 bits per heavy atom. The molecular formula is C24H33BrFNO2. The molecule has 0 heterocycles. The molecule has 0 aliphatic rings. The van der Waals surface area contributed by atoms with Gasteiger partial charge in [0.1, 0.15) is 12.4 Å². The minimum atomic E-state index is -0.252. The Balaban J connectivity index is 2.12. The van der Waals surface area contributed by atoms with Gasteiger partial charge >= 0.3 is 0 Å². The average molecular weight is 466 g/mol. The molecule has 2 rings (SSSR count). The largest absolute Gasteiger partial charge is 0.490 e. The van der Waals surface area contributed by atoms with Crippen LogP contribution in [0, 0.1) is 11.2 Å². The maximum absolute atomic E-state index is 13.1. The van der Waals surface area contributed by atoms with Crippen molar-refractivity contribution in [1.82, 2.24) is 5.32 Å². The van der Waals surface area contributed by atoms with Crippen LogP contribution in [0.3, 0.4) is 0 Å². The van der Waals surface area contributed by atoms with Crippen LogP contribution in [0.25, 0.3) is 0 Å². The highest BCUT2D eigenvalue weighted by atomic mass is 79.9. The summed E-state index contributed by atoms with van der Waals surface area (Å²) in [6, 6.07) is 10.3. The maximum Gasteiger partial charge on any atom is 0.162 e. The zero-order valence-electron chi connectivity index (χ0n) is 18.4. The number of benzene rings is 2. The number of ether oxygens (including phenoxy) is 2. The molecule has 0 bridgehead atoms. The number of hydrogen-bond acceptors (Lipinski definition) is 3. The minimum absolute atomic E-state index is 0.0151. The Kier molecular flexibility index (Phi) is 8.12. The molecule has 2 aromatic carbocycles. The zero-order valence-corrected chi connectivity index (χ0v) is 20.0. The van der Waals surface area contributed by atoms with E-state index in [1.807, 2.05) is 19.1 Å². The molecule has 0 amide bonds. The van der Waals surface area contributed by atoms with E-state index in [4.69, 9.17) is 9.47 Å². The quantitative estimate of drug-likeness (QED) is 0.438. The predicted molar refractivity (Wildman–Crippen MR) is 121 cm³/mol. The van der Waals surface area contributed by atoms with E-state index in [9.17, 15) is 4.39 Å². The van der Waals surface area contributed by atoms with Crippen LogP contribution in [0.5, 0.6) is 11.5 Å². The average Bonchev–Trinajstić information content (AvgIpc) is 2.60.